The number of nitrogens with one attached hydrogen (secondary N) is 1. The van der Waals surface area contributed by atoms with Crippen LogP contribution in [0.2, 0.25) is 0 Å². The van der Waals surface area contributed by atoms with Gasteiger partial charge in [0.2, 0.25) is 5.69 Å². The monoisotopic (exact) mass is 586 g/mol. The standard InChI is InChI=1S/C28H38N6O8/c35-25(36)19-31-10-8-30(9-11-32(20-26(37)38)13-15-33(14-12-31)21-27(39)40)18-24-16-23(6-7-34(24)42)28(41)29-17-22-4-2-1-3-5-22/h1-7,16H,8-15,17-21H2,(H,29,41)(H,35,36)(H,37,38)(H,39,40). The van der Waals surface area contributed by atoms with Gasteiger partial charge in [-0.2, -0.15) is 4.73 Å². The van der Waals surface area contributed by atoms with Crippen LogP contribution in [-0.4, -0.2) is 131 Å². The molecule has 0 spiro atoms. The van der Waals surface area contributed by atoms with Crippen molar-refractivity contribution in [1.82, 2.24) is 24.9 Å². The molecule has 1 aliphatic heterocycles. The van der Waals surface area contributed by atoms with Crippen molar-refractivity contribution >= 4 is 23.8 Å². The van der Waals surface area contributed by atoms with E-state index in [0.29, 0.717) is 74.9 Å². The topological polar surface area (TPSA) is 181 Å². The Hall–Kier alpha value is -4.11. The zero-order valence-electron chi connectivity index (χ0n) is 23.4. The van der Waals surface area contributed by atoms with Crippen LogP contribution in [0.1, 0.15) is 21.6 Å². The van der Waals surface area contributed by atoms with E-state index < -0.39 is 17.9 Å². The van der Waals surface area contributed by atoms with E-state index in [1.165, 1.54) is 18.3 Å². The smallest absolute Gasteiger partial charge is 0.317 e. The minimum atomic E-state index is -1.02. The van der Waals surface area contributed by atoms with E-state index in [0.717, 1.165) is 5.56 Å². The lowest BCUT2D eigenvalue weighted by Gasteiger charge is -2.32. The minimum absolute atomic E-state index is 0.149. The Morgan fingerprint density at radius 1 is 0.714 bits per heavy atom. The summed E-state index contributed by atoms with van der Waals surface area (Å²) < 4.78 is 0.678. The number of amides is 1. The number of carboxylic acid groups (broad SMARTS) is 3. The molecule has 1 aromatic heterocycles. The van der Waals surface area contributed by atoms with Gasteiger partial charge in [0.05, 0.1) is 31.7 Å². The summed E-state index contributed by atoms with van der Waals surface area (Å²) in [7, 11) is 0. The van der Waals surface area contributed by atoms with E-state index in [1.54, 1.807) is 14.7 Å². The molecule has 1 aliphatic rings. The van der Waals surface area contributed by atoms with E-state index in [2.05, 4.69) is 5.32 Å². The highest BCUT2D eigenvalue weighted by atomic mass is 16.5. The second-order valence-electron chi connectivity index (χ2n) is 10.2. The minimum Gasteiger partial charge on any atom is -0.618 e. The van der Waals surface area contributed by atoms with Crippen LogP contribution in [0.15, 0.2) is 48.7 Å². The Bertz CT molecular complexity index is 1180. The van der Waals surface area contributed by atoms with Crippen LogP contribution in [0.3, 0.4) is 0 Å². The molecule has 3 rings (SSSR count). The predicted octanol–water partition coefficient (Wildman–Crippen LogP) is -0.775. The van der Waals surface area contributed by atoms with Crippen LogP contribution >= 0.6 is 0 Å². The number of hydrogen-bond acceptors (Lipinski definition) is 9. The second-order valence-corrected chi connectivity index (χ2v) is 10.2. The number of pyridine rings is 1. The first-order valence-electron chi connectivity index (χ1n) is 13.7. The summed E-state index contributed by atoms with van der Waals surface area (Å²) in [5.74, 6) is -3.39. The molecule has 14 heteroatoms. The fraction of sp³-hybridized carbons (Fsp3) is 0.464. The van der Waals surface area contributed by atoms with Crippen molar-refractivity contribution in [3.63, 3.8) is 0 Å². The summed E-state index contributed by atoms with van der Waals surface area (Å²) in [5, 5.41) is 43.7. The number of aromatic nitrogens is 1. The number of aliphatic carboxylic acids is 3. The lowest BCUT2D eigenvalue weighted by Crippen LogP contribution is -2.49. The number of nitrogens with zero attached hydrogens (tertiary/aromatic N) is 5. The first-order valence-corrected chi connectivity index (χ1v) is 13.7. The highest BCUT2D eigenvalue weighted by Crippen LogP contribution is 2.08. The van der Waals surface area contributed by atoms with E-state index >= 15 is 0 Å². The largest absolute Gasteiger partial charge is 0.618 e. The van der Waals surface area contributed by atoms with Gasteiger partial charge in [-0.15, -0.1) is 0 Å². The van der Waals surface area contributed by atoms with Gasteiger partial charge >= 0.3 is 17.9 Å². The van der Waals surface area contributed by atoms with E-state index in [4.69, 9.17) is 0 Å². The van der Waals surface area contributed by atoms with Gasteiger partial charge in [0.25, 0.3) is 5.91 Å². The van der Waals surface area contributed by atoms with Crippen molar-refractivity contribution in [1.29, 1.82) is 0 Å². The molecule has 0 atom stereocenters. The maximum atomic E-state index is 12.8. The lowest BCUT2D eigenvalue weighted by molar-refractivity contribution is -0.615. The van der Waals surface area contributed by atoms with Crippen molar-refractivity contribution < 1.29 is 39.2 Å². The van der Waals surface area contributed by atoms with Gasteiger partial charge in [0.15, 0.2) is 6.20 Å². The predicted molar refractivity (Wildman–Crippen MR) is 151 cm³/mol. The Labute approximate surface area is 243 Å². The van der Waals surface area contributed by atoms with Crippen LogP contribution in [-0.2, 0) is 27.5 Å². The fourth-order valence-electron chi connectivity index (χ4n) is 4.69. The third-order valence-corrected chi connectivity index (χ3v) is 6.94. The summed E-state index contributed by atoms with van der Waals surface area (Å²) in [6.07, 6.45) is 1.27. The molecular formula is C28H38N6O8. The number of rotatable bonds is 11. The highest BCUT2D eigenvalue weighted by molar-refractivity contribution is 5.94. The van der Waals surface area contributed by atoms with Crippen molar-refractivity contribution in [2.45, 2.75) is 13.1 Å². The van der Waals surface area contributed by atoms with Gasteiger partial charge in [-0.3, -0.25) is 38.8 Å². The van der Waals surface area contributed by atoms with Gasteiger partial charge in [-0.1, -0.05) is 30.3 Å². The highest BCUT2D eigenvalue weighted by Gasteiger charge is 2.22. The molecule has 228 valence electrons. The summed E-state index contributed by atoms with van der Waals surface area (Å²) in [6.45, 7) is 2.30. The van der Waals surface area contributed by atoms with Gasteiger partial charge in [0.1, 0.15) is 0 Å². The zero-order chi connectivity index (χ0) is 30.5. The molecule has 0 bridgehead atoms. The SMILES string of the molecule is O=C(O)CN1CCN(CC(=O)O)CCN(Cc2cc(C(=O)NCc3ccccc3)cc[n+]2[O-])CCN(CC(=O)O)CC1. The Morgan fingerprint density at radius 2 is 1.17 bits per heavy atom. The molecule has 0 saturated carbocycles. The average molecular weight is 587 g/mol. The molecule has 1 saturated heterocycles. The molecule has 1 aromatic carbocycles. The summed E-state index contributed by atoms with van der Waals surface area (Å²) in [6, 6.07) is 12.4. The van der Waals surface area contributed by atoms with Crippen LogP contribution in [0, 0.1) is 5.21 Å². The molecule has 0 radical (unpaired) electrons. The fourth-order valence-corrected chi connectivity index (χ4v) is 4.69. The van der Waals surface area contributed by atoms with Crippen molar-refractivity contribution in [3.8, 4) is 0 Å². The third-order valence-electron chi connectivity index (χ3n) is 6.94. The molecule has 14 nitrogen and oxygen atoms in total. The molecule has 42 heavy (non-hydrogen) atoms. The van der Waals surface area contributed by atoms with Gasteiger partial charge < -0.3 is 25.8 Å². The maximum absolute atomic E-state index is 12.8. The Balaban J connectivity index is 1.76. The van der Waals surface area contributed by atoms with Crippen LogP contribution < -0.4 is 10.0 Å². The zero-order valence-corrected chi connectivity index (χ0v) is 23.4. The number of hydrogen-bond donors (Lipinski definition) is 4. The first kappa shape index (κ1) is 32.4. The maximum Gasteiger partial charge on any atom is 0.317 e. The first-order chi connectivity index (χ1) is 20.1. The quantitative estimate of drug-likeness (QED) is 0.191. The molecule has 2 aromatic rings. The number of carboxylic acids is 3. The molecule has 1 fully saturated rings. The lowest BCUT2D eigenvalue weighted by atomic mass is 10.2. The normalized spacial score (nSPS) is 16.7. The molecule has 4 N–H and O–H groups in total. The number of carbonyl (C=O) groups excluding carboxylic acids is 1. The van der Waals surface area contributed by atoms with Crippen molar-refractivity contribution in [3.05, 3.63) is 70.7 Å². The van der Waals surface area contributed by atoms with Gasteiger partial charge in [-0.25, -0.2) is 0 Å². The van der Waals surface area contributed by atoms with E-state index in [9.17, 15) is 39.7 Å². The second kappa shape index (κ2) is 16.4. The summed E-state index contributed by atoms with van der Waals surface area (Å²) >= 11 is 0. The number of benzene rings is 1. The van der Waals surface area contributed by atoms with E-state index in [1.807, 2.05) is 35.2 Å². The molecule has 0 unspecified atom stereocenters. The van der Waals surface area contributed by atoms with Crippen molar-refractivity contribution in [2.24, 2.45) is 0 Å². The molecule has 2 heterocycles. The molecule has 0 aliphatic carbocycles. The third kappa shape index (κ3) is 11.4. The Kier molecular flexibility index (Phi) is 12.6. The van der Waals surface area contributed by atoms with E-state index in [-0.39, 0.29) is 32.1 Å². The Morgan fingerprint density at radius 3 is 1.62 bits per heavy atom. The van der Waals surface area contributed by atoms with Gasteiger partial charge in [0, 0.05) is 71.0 Å². The molecular weight excluding hydrogens is 548 g/mol. The van der Waals surface area contributed by atoms with Crippen LogP contribution in [0.5, 0.6) is 0 Å². The number of carbonyl (C=O) groups is 4. The van der Waals surface area contributed by atoms with Gasteiger partial charge in [-0.05, 0) is 5.56 Å². The average Bonchev–Trinajstić information content (AvgIpc) is 2.94. The summed E-state index contributed by atoms with van der Waals surface area (Å²) in [4.78, 5) is 54.2. The van der Waals surface area contributed by atoms with Crippen molar-refractivity contribution in [2.75, 3.05) is 72.0 Å². The summed E-state index contributed by atoms with van der Waals surface area (Å²) in [5.41, 5.74) is 1.57. The molecule has 1 amide bonds. The van der Waals surface area contributed by atoms with Crippen LogP contribution in [0.4, 0.5) is 0 Å². The van der Waals surface area contributed by atoms with Crippen LogP contribution in [0.25, 0.3) is 0 Å².